The number of hydrogen-bond acceptors (Lipinski definition) is 37. The third-order valence-corrected chi connectivity index (χ3v) is 17.4. The summed E-state index contributed by atoms with van der Waals surface area (Å²) in [6, 6.07) is -6.30. The lowest BCUT2D eigenvalue weighted by atomic mass is 9.88. The van der Waals surface area contributed by atoms with Crippen LogP contribution in [0.15, 0.2) is 0 Å². The Morgan fingerprint density at radius 1 is 0.438 bits per heavy atom. The minimum atomic E-state index is -3.01. The van der Waals surface area contributed by atoms with Crippen LogP contribution in [-0.4, -0.2) is 398 Å². The van der Waals surface area contributed by atoms with E-state index in [1.54, 1.807) is 0 Å². The number of aliphatic hydroxyl groups is 19. The SMILES string of the molecule is CC(=O)NC1C(O)[C@H](O[C@@H]2OC(CO[C@]3(C(=O)O)C[C@@H](O)[C@@H](NC(C)=O)C([C@H](O)[C@H](O)CO)O3)[C@H](O)C(O)[C@@H]2O)[C@H](CO)O[C@H]1OC1[C@@H](OCC2O[C@@H](O[C@@H]3C(CO)O[C@@H](O[C@@H]4C(CO)O[C@@H](C)[C@@H](NC(C)=O)C4O)[C@@H](NC(C)=O)C3O)C(O)C(O)[C@@H]2O)OC(CO)[C@@H](O)[C@@H]1O. The largest absolute Gasteiger partial charge is 0.477 e. The molecule has 554 valence electrons. The molecule has 7 heterocycles. The fourth-order valence-electron chi connectivity index (χ4n) is 12.3. The zero-order valence-corrected chi connectivity index (χ0v) is 52.2. The summed E-state index contributed by atoms with van der Waals surface area (Å²) in [6.45, 7) is -1.52. The molecular formula is C54H90N4O38. The van der Waals surface area contributed by atoms with Gasteiger partial charge < -0.3 is 185 Å². The lowest BCUT2D eigenvalue weighted by Gasteiger charge is -2.50. The van der Waals surface area contributed by atoms with E-state index in [4.69, 9.17) is 61.6 Å². The fraction of sp³-hybridized carbons (Fsp3) is 0.907. The van der Waals surface area contributed by atoms with Crippen molar-refractivity contribution in [3.05, 3.63) is 0 Å². The molecule has 7 aliphatic rings. The van der Waals surface area contributed by atoms with Crippen LogP contribution in [0.3, 0.4) is 0 Å². The van der Waals surface area contributed by atoms with Gasteiger partial charge >= 0.3 is 5.97 Å². The molecule has 0 aromatic carbocycles. The number of carboxylic acids is 1. The van der Waals surface area contributed by atoms with E-state index in [2.05, 4.69) is 21.3 Å². The van der Waals surface area contributed by atoms with Crippen molar-refractivity contribution in [2.75, 3.05) is 46.2 Å². The molecule has 7 fully saturated rings. The van der Waals surface area contributed by atoms with Gasteiger partial charge in [-0.1, -0.05) is 0 Å². The zero-order chi connectivity index (χ0) is 71.3. The molecule has 0 aliphatic carbocycles. The van der Waals surface area contributed by atoms with E-state index < -0.39 is 302 Å². The van der Waals surface area contributed by atoms with Gasteiger partial charge in [-0.2, -0.15) is 0 Å². The maximum atomic E-state index is 12.8. The van der Waals surface area contributed by atoms with Crippen molar-refractivity contribution >= 4 is 29.6 Å². The lowest BCUT2D eigenvalue weighted by Crippen LogP contribution is -2.70. The lowest BCUT2D eigenvalue weighted by molar-refractivity contribution is -0.381. The van der Waals surface area contributed by atoms with Crippen LogP contribution in [-0.2, 0) is 85.6 Å². The molecular weight excluding hydrogens is 1310 g/mol. The molecule has 24 N–H and O–H groups in total. The Kier molecular flexibility index (Phi) is 28.2. The highest BCUT2D eigenvalue weighted by molar-refractivity contribution is 5.77. The highest BCUT2D eigenvalue weighted by atomic mass is 16.8. The minimum absolute atomic E-state index is 0.568. The van der Waals surface area contributed by atoms with Crippen LogP contribution in [0, 0.1) is 0 Å². The summed E-state index contributed by atoms with van der Waals surface area (Å²) in [4.78, 5) is 62.3. The van der Waals surface area contributed by atoms with Crippen molar-refractivity contribution in [3.8, 4) is 0 Å². The van der Waals surface area contributed by atoms with Gasteiger partial charge in [0.2, 0.25) is 23.6 Å². The standard InChI is InChI=1S/C54H90N4O38/c1-14-27(55-15(2)64)35(74)43(22(9-61)86-14)92-48-29(57-17(4)66)36(75)44(23(10-62)88-48)93-50-41(80)38(77)33(72)25(90-50)12-84-52-47(40(79)32(71)21(8-60)87-52)95-49-30(58-18(5)67)37(76)45(24(11-63)89-49)94-51-42(81)39(78)34(73)26(91-51)13-85-54(53(82)83)6-19(68)28(56-16(3)65)46(96-54)31(70)20(69)7-59/h14,19-52,59-63,68-81H,6-13H2,1-5H3,(H,55,64)(H,56,65)(H,57,66)(H,58,67)(H,82,83)/t14-,19+,20+,21?,22?,23?,24-,25?,26?,27+,28+,29-,30?,31+,32+,33+,34-,35?,36?,37?,38?,39?,40-,41?,42-,43+,44+,45+,46?,47?,48-,49-,50-,51-,52-,54+/m0/s1. The predicted octanol–water partition coefficient (Wildman–Crippen LogP) is -15.4. The average molecular weight is 1400 g/mol. The second-order valence-corrected chi connectivity index (χ2v) is 24.3. The highest BCUT2D eigenvalue weighted by Gasteiger charge is 2.60. The van der Waals surface area contributed by atoms with Crippen molar-refractivity contribution in [2.24, 2.45) is 0 Å². The molecule has 0 bridgehead atoms. The van der Waals surface area contributed by atoms with Gasteiger partial charge in [-0.05, 0) is 6.92 Å². The van der Waals surface area contributed by atoms with E-state index in [1.165, 1.54) is 13.8 Å². The van der Waals surface area contributed by atoms with Gasteiger partial charge in [-0.25, -0.2) is 4.79 Å². The number of amides is 4. The maximum Gasteiger partial charge on any atom is 0.364 e. The second-order valence-electron chi connectivity index (χ2n) is 24.3. The zero-order valence-electron chi connectivity index (χ0n) is 52.2. The molecule has 4 amide bonds. The van der Waals surface area contributed by atoms with Gasteiger partial charge in [0.15, 0.2) is 31.5 Å². The van der Waals surface area contributed by atoms with Gasteiger partial charge in [0.05, 0.1) is 70.5 Å². The summed E-state index contributed by atoms with van der Waals surface area (Å²) >= 11 is 0. The average Bonchev–Trinajstić information content (AvgIpc) is 0.776. The molecule has 42 nitrogen and oxygen atoms in total. The number of aliphatic hydroxyl groups excluding tert-OH is 19. The molecule has 96 heavy (non-hydrogen) atoms. The van der Waals surface area contributed by atoms with E-state index >= 15 is 0 Å². The fourth-order valence-corrected chi connectivity index (χ4v) is 12.3. The summed E-state index contributed by atoms with van der Waals surface area (Å²) < 4.78 is 75.8. The first-order valence-electron chi connectivity index (χ1n) is 30.5. The summed E-state index contributed by atoms with van der Waals surface area (Å²) in [5, 5.41) is 228. The number of carboxylic acid groups (broad SMARTS) is 1. The van der Waals surface area contributed by atoms with Crippen LogP contribution in [0.4, 0.5) is 0 Å². The Labute approximate surface area is 544 Å². The normalized spacial score (nSPS) is 46.0. The number of rotatable bonds is 26. The number of nitrogens with one attached hydrogen (secondary N) is 4. The van der Waals surface area contributed by atoms with Crippen molar-refractivity contribution in [2.45, 2.75) is 261 Å². The molecule has 0 saturated carbocycles. The van der Waals surface area contributed by atoms with Crippen molar-refractivity contribution < 1.29 is 188 Å². The van der Waals surface area contributed by atoms with E-state index in [-0.39, 0.29) is 0 Å². The Balaban J connectivity index is 1.06. The number of carbonyl (C=O) groups is 5. The Bertz CT molecular complexity index is 2540. The second kappa shape index (κ2) is 34.2. The van der Waals surface area contributed by atoms with E-state index in [0.717, 1.165) is 20.8 Å². The van der Waals surface area contributed by atoms with E-state index in [0.29, 0.717) is 0 Å². The van der Waals surface area contributed by atoms with Crippen LogP contribution in [0.25, 0.3) is 0 Å². The third kappa shape index (κ3) is 17.7. The summed E-state index contributed by atoms with van der Waals surface area (Å²) in [5.41, 5.74) is 0. The smallest absolute Gasteiger partial charge is 0.364 e. The van der Waals surface area contributed by atoms with E-state index in [9.17, 15) is 126 Å². The molecule has 14 unspecified atom stereocenters. The molecule has 0 aromatic heterocycles. The van der Waals surface area contributed by atoms with Crippen LogP contribution in [0.2, 0.25) is 0 Å². The predicted molar refractivity (Wildman–Crippen MR) is 299 cm³/mol. The molecule has 7 aliphatic heterocycles. The minimum Gasteiger partial charge on any atom is -0.477 e. The van der Waals surface area contributed by atoms with Crippen molar-refractivity contribution in [3.63, 3.8) is 0 Å². The third-order valence-electron chi connectivity index (χ3n) is 17.4. The molecule has 36 atom stereocenters. The Morgan fingerprint density at radius 3 is 1.25 bits per heavy atom. The van der Waals surface area contributed by atoms with Crippen LogP contribution in [0.1, 0.15) is 41.0 Å². The molecule has 7 rings (SSSR count). The number of hydrogen-bond donors (Lipinski definition) is 24. The molecule has 42 heteroatoms. The molecule has 0 aromatic rings. The van der Waals surface area contributed by atoms with Crippen LogP contribution < -0.4 is 21.3 Å². The molecule has 0 spiro atoms. The maximum absolute atomic E-state index is 12.8. The van der Waals surface area contributed by atoms with Gasteiger partial charge in [0.1, 0.15) is 159 Å². The van der Waals surface area contributed by atoms with Gasteiger partial charge in [-0.15, -0.1) is 0 Å². The number of ether oxygens (including phenoxy) is 13. The van der Waals surface area contributed by atoms with E-state index in [1.807, 2.05) is 0 Å². The van der Waals surface area contributed by atoms with Crippen LogP contribution in [0.5, 0.6) is 0 Å². The van der Waals surface area contributed by atoms with Gasteiger partial charge in [-0.3, -0.25) is 19.2 Å². The monoisotopic (exact) mass is 1400 g/mol. The summed E-state index contributed by atoms with van der Waals surface area (Å²) in [7, 11) is 0. The molecule has 7 saturated heterocycles. The quantitative estimate of drug-likeness (QED) is 0.0382. The number of carbonyl (C=O) groups excluding carboxylic acids is 4. The molecule has 0 radical (unpaired) electrons. The first kappa shape index (κ1) is 79.4. The Hall–Kier alpha value is -3.93. The number of aliphatic carboxylic acids is 1. The van der Waals surface area contributed by atoms with Crippen LogP contribution >= 0.6 is 0 Å². The highest BCUT2D eigenvalue weighted by Crippen LogP contribution is 2.39. The first-order valence-corrected chi connectivity index (χ1v) is 30.5. The van der Waals surface area contributed by atoms with Gasteiger partial charge in [0, 0.05) is 34.1 Å². The summed E-state index contributed by atoms with van der Waals surface area (Å²) in [5.74, 6) is -8.11. The Morgan fingerprint density at radius 2 is 0.812 bits per heavy atom. The summed E-state index contributed by atoms with van der Waals surface area (Å²) in [6.07, 6.45) is -61.4. The van der Waals surface area contributed by atoms with Crippen molar-refractivity contribution in [1.29, 1.82) is 0 Å². The topological polar surface area (TPSA) is 658 Å². The van der Waals surface area contributed by atoms with Gasteiger partial charge in [0.25, 0.3) is 5.79 Å². The first-order chi connectivity index (χ1) is 45.2. The van der Waals surface area contributed by atoms with Crippen molar-refractivity contribution in [1.82, 2.24) is 21.3 Å².